The smallest absolute Gasteiger partial charge is 0.411 e. The van der Waals surface area contributed by atoms with Crippen LogP contribution in [0.1, 0.15) is 12.5 Å². The number of carbonyl (C=O) groups is 1. The van der Waals surface area contributed by atoms with Crippen molar-refractivity contribution < 1.29 is 9.53 Å². The highest BCUT2D eigenvalue weighted by Crippen LogP contribution is 2.24. The molecule has 0 saturated carbocycles. The summed E-state index contributed by atoms with van der Waals surface area (Å²) < 4.78 is 4.80. The van der Waals surface area contributed by atoms with E-state index in [2.05, 4.69) is 15.5 Å². The van der Waals surface area contributed by atoms with Gasteiger partial charge >= 0.3 is 6.09 Å². The number of nitrogen functional groups attached to an aromatic ring is 1. The number of rotatable bonds is 4. The largest absolute Gasteiger partial charge is 0.450 e. The van der Waals surface area contributed by atoms with Gasteiger partial charge in [-0.2, -0.15) is 10.2 Å². The Hall–Kier alpha value is -2.89. The van der Waals surface area contributed by atoms with Crippen LogP contribution in [0.3, 0.4) is 0 Å². The van der Waals surface area contributed by atoms with Crippen LogP contribution in [0.25, 0.3) is 0 Å². The molecule has 0 heterocycles. The summed E-state index contributed by atoms with van der Waals surface area (Å²) in [6.45, 7) is 4.01. The lowest BCUT2D eigenvalue weighted by molar-refractivity contribution is 0.168. The van der Waals surface area contributed by atoms with Crippen LogP contribution in [-0.4, -0.2) is 12.7 Å². The van der Waals surface area contributed by atoms with Gasteiger partial charge in [-0.05, 0) is 61.9 Å². The summed E-state index contributed by atoms with van der Waals surface area (Å²) in [5.41, 5.74) is 9.45. The average Bonchev–Trinajstić information content (AvgIpc) is 2.48. The maximum Gasteiger partial charge on any atom is 0.411 e. The Kier molecular flexibility index (Phi) is 5.08. The summed E-state index contributed by atoms with van der Waals surface area (Å²) in [5, 5.41) is 11.0. The van der Waals surface area contributed by atoms with Crippen LogP contribution < -0.4 is 11.1 Å². The highest BCUT2D eigenvalue weighted by atomic mass is 16.5. The zero-order valence-electron chi connectivity index (χ0n) is 12.5. The van der Waals surface area contributed by atoms with Gasteiger partial charge in [0.05, 0.1) is 18.0 Å². The molecule has 0 saturated heterocycles. The molecule has 3 N–H and O–H groups in total. The number of azo groups is 1. The molecule has 6 nitrogen and oxygen atoms in total. The van der Waals surface area contributed by atoms with Crippen LogP contribution in [-0.2, 0) is 4.74 Å². The minimum atomic E-state index is -0.477. The molecule has 0 aromatic heterocycles. The Bertz CT molecular complexity index is 681. The fraction of sp³-hybridized carbons (Fsp3) is 0.188. The topological polar surface area (TPSA) is 89.1 Å². The molecule has 1 amide bonds. The van der Waals surface area contributed by atoms with Crippen LogP contribution in [0.15, 0.2) is 52.7 Å². The lowest BCUT2D eigenvalue weighted by Crippen LogP contribution is -2.12. The second kappa shape index (κ2) is 7.21. The zero-order chi connectivity index (χ0) is 15.9. The minimum absolute atomic E-state index is 0.332. The van der Waals surface area contributed by atoms with Gasteiger partial charge in [0.25, 0.3) is 0 Å². The van der Waals surface area contributed by atoms with Crippen molar-refractivity contribution in [2.24, 2.45) is 10.2 Å². The van der Waals surface area contributed by atoms with E-state index in [1.54, 1.807) is 37.3 Å². The predicted octanol–water partition coefficient (Wildman–Crippen LogP) is 4.56. The van der Waals surface area contributed by atoms with E-state index in [0.29, 0.717) is 23.7 Å². The number of carbonyl (C=O) groups excluding carboxylic acids is 1. The first kappa shape index (κ1) is 15.5. The van der Waals surface area contributed by atoms with Crippen molar-refractivity contribution in [3.63, 3.8) is 0 Å². The number of nitrogens with two attached hydrogens (primary N) is 1. The number of aryl methyl sites for hydroxylation is 1. The van der Waals surface area contributed by atoms with Crippen molar-refractivity contribution in [2.75, 3.05) is 17.7 Å². The van der Waals surface area contributed by atoms with Gasteiger partial charge in [-0.25, -0.2) is 4.79 Å². The van der Waals surface area contributed by atoms with Crippen molar-refractivity contribution >= 4 is 28.8 Å². The molecule has 0 atom stereocenters. The summed E-state index contributed by atoms with van der Waals surface area (Å²) in [4.78, 5) is 11.3. The van der Waals surface area contributed by atoms with Gasteiger partial charge in [0.1, 0.15) is 0 Å². The molecule has 6 heteroatoms. The van der Waals surface area contributed by atoms with E-state index >= 15 is 0 Å². The van der Waals surface area contributed by atoms with Crippen molar-refractivity contribution in [3.8, 4) is 0 Å². The van der Waals surface area contributed by atoms with E-state index in [-0.39, 0.29) is 0 Å². The van der Waals surface area contributed by atoms with Crippen molar-refractivity contribution in [2.45, 2.75) is 13.8 Å². The number of nitrogens with zero attached hydrogens (tertiary/aromatic N) is 2. The van der Waals surface area contributed by atoms with Gasteiger partial charge < -0.3 is 10.5 Å². The highest BCUT2D eigenvalue weighted by Gasteiger charge is 2.01. The Morgan fingerprint density at radius 3 is 2.55 bits per heavy atom. The second-order valence-electron chi connectivity index (χ2n) is 4.64. The third-order valence-electron chi connectivity index (χ3n) is 2.88. The first-order chi connectivity index (χ1) is 10.6. The molecule has 0 aliphatic heterocycles. The first-order valence-corrected chi connectivity index (χ1v) is 6.90. The SMILES string of the molecule is CCOC(=O)Nc1ccc(N=Nc2ccc(N)cc2C)cc1. The van der Waals surface area contributed by atoms with E-state index in [1.165, 1.54) is 0 Å². The maximum atomic E-state index is 11.3. The number of anilines is 2. The summed E-state index contributed by atoms with van der Waals surface area (Å²) in [6.07, 6.45) is -0.477. The van der Waals surface area contributed by atoms with Gasteiger partial charge in [-0.3, -0.25) is 5.32 Å². The number of benzene rings is 2. The van der Waals surface area contributed by atoms with Crippen molar-refractivity contribution in [1.29, 1.82) is 0 Å². The van der Waals surface area contributed by atoms with Crippen molar-refractivity contribution in [3.05, 3.63) is 48.0 Å². The normalized spacial score (nSPS) is 10.6. The standard InChI is InChI=1S/C16H18N4O2/c1-3-22-16(21)18-13-5-7-14(8-6-13)19-20-15-9-4-12(17)10-11(15)2/h4-10H,3,17H2,1-2H3,(H,18,21). The van der Waals surface area contributed by atoms with E-state index in [0.717, 1.165) is 11.3 Å². The van der Waals surface area contributed by atoms with Crippen LogP contribution in [0, 0.1) is 6.92 Å². The summed E-state index contributed by atoms with van der Waals surface area (Å²) in [5.74, 6) is 0. The van der Waals surface area contributed by atoms with Crippen LogP contribution in [0.2, 0.25) is 0 Å². The quantitative estimate of drug-likeness (QED) is 0.640. The fourth-order valence-corrected chi connectivity index (χ4v) is 1.80. The van der Waals surface area contributed by atoms with E-state index in [4.69, 9.17) is 10.5 Å². The van der Waals surface area contributed by atoms with E-state index in [9.17, 15) is 4.79 Å². The van der Waals surface area contributed by atoms with Crippen LogP contribution in [0.4, 0.5) is 27.5 Å². The third kappa shape index (κ3) is 4.31. The molecule has 0 aliphatic rings. The minimum Gasteiger partial charge on any atom is -0.450 e. The lowest BCUT2D eigenvalue weighted by Gasteiger charge is -2.04. The van der Waals surface area contributed by atoms with Gasteiger partial charge in [0.15, 0.2) is 0 Å². The van der Waals surface area contributed by atoms with Gasteiger partial charge in [0.2, 0.25) is 0 Å². The molecule has 0 aliphatic carbocycles. The summed E-state index contributed by atoms with van der Waals surface area (Å²) in [6, 6.07) is 12.5. The van der Waals surface area contributed by atoms with Gasteiger partial charge in [-0.1, -0.05) is 0 Å². The molecule has 2 aromatic carbocycles. The molecule has 114 valence electrons. The molecule has 22 heavy (non-hydrogen) atoms. The molecular formula is C16H18N4O2. The number of hydrogen-bond donors (Lipinski definition) is 2. The monoisotopic (exact) mass is 298 g/mol. The predicted molar refractivity (Wildman–Crippen MR) is 86.9 cm³/mol. The van der Waals surface area contributed by atoms with Gasteiger partial charge in [-0.15, -0.1) is 0 Å². The third-order valence-corrected chi connectivity index (χ3v) is 2.88. The molecule has 0 spiro atoms. The van der Waals surface area contributed by atoms with Gasteiger partial charge in [0, 0.05) is 11.4 Å². The molecule has 0 bridgehead atoms. The number of ether oxygens (including phenoxy) is 1. The number of nitrogens with one attached hydrogen (secondary N) is 1. The fourth-order valence-electron chi connectivity index (χ4n) is 1.80. The van der Waals surface area contributed by atoms with Crippen molar-refractivity contribution in [1.82, 2.24) is 0 Å². The number of amides is 1. The molecule has 0 unspecified atom stereocenters. The highest BCUT2D eigenvalue weighted by molar-refractivity contribution is 5.84. The second-order valence-corrected chi connectivity index (χ2v) is 4.64. The average molecular weight is 298 g/mol. The zero-order valence-corrected chi connectivity index (χ0v) is 12.5. The molecule has 0 radical (unpaired) electrons. The lowest BCUT2D eigenvalue weighted by atomic mass is 10.2. The maximum absolute atomic E-state index is 11.3. The molecule has 2 rings (SSSR count). The first-order valence-electron chi connectivity index (χ1n) is 6.90. The number of hydrogen-bond acceptors (Lipinski definition) is 5. The summed E-state index contributed by atoms with van der Waals surface area (Å²) in [7, 11) is 0. The Morgan fingerprint density at radius 2 is 1.91 bits per heavy atom. The molecule has 2 aromatic rings. The Labute approximate surface area is 129 Å². The molecule has 0 fully saturated rings. The van der Waals surface area contributed by atoms with Crippen LogP contribution >= 0.6 is 0 Å². The Balaban J connectivity index is 2.04. The van der Waals surface area contributed by atoms with Crippen LogP contribution in [0.5, 0.6) is 0 Å². The van der Waals surface area contributed by atoms with E-state index < -0.39 is 6.09 Å². The Morgan fingerprint density at radius 1 is 1.18 bits per heavy atom. The van der Waals surface area contributed by atoms with E-state index in [1.807, 2.05) is 19.1 Å². The molecular weight excluding hydrogens is 280 g/mol. The summed E-state index contributed by atoms with van der Waals surface area (Å²) >= 11 is 0.